The van der Waals surface area contributed by atoms with Crippen LogP contribution in [0.15, 0.2) is 24.5 Å². The van der Waals surface area contributed by atoms with E-state index in [9.17, 15) is 0 Å². The minimum Gasteiger partial charge on any atom is -0.342 e. The summed E-state index contributed by atoms with van der Waals surface area (Å²) in [5, 5.41) is 4.30. The van der Waals surface area contributed by atoms with Crippen molar-refractivity contribution in [3.8, 4) is 0 Å². The van der Waals surface area contributed by atoms with Gasteiger partial charge in [-0.25, -0.2) is 14.6 Å². The molecular formula is C15H19N5. The van der Waals surface area contributed by atoms with E-state index < -0.39 is 0 Å². The van der Waals surface area contributed by atoms with Crippen LogP contribution in [0, 0.1) is 6.92 Å². The number of rotatable bonds is 5. The molecule has 0 bridgehead atoms. The van der Waals surface area contributed by atoms with Gasteiger partial charge in [-0.2, -0.15) is 5.10 Å². The van der Waals surface area contributed by atoms with E-state index in [2.05, 4.69) is 45.2 Å². The average molecular weight is 269 g/mol. The molecule has 0 saturated carbocycles. The third-order valence-corrected chi connectivity index (χ3v) is 3.45. The highest BCUT2D eigenvalue weighted by Gasteiger charge is 2.07. The van der Waals surface area contributed by atoms with Gasteiger partial charge in [-0.3, -0.25) is 0 Å². The van der Waals surface area contributed by atoms with Crippen molar-refractivity contribution in [2.75, 3.05) is 0 Å². The zero-order valence-corrected chi connectivity index (χ0v) is 11.9. The smallest absolute Gasteiger partial charge is 0.138 e. The maximum atomic E-state index is 4.42. The van der Waals surface area contributed by atoms with Crippen LogP contribution < -0.4 is 0 Å². The molecule has 5 heteroatoms. The Hall–Kier alpha value is -2.17. The molecule has 104 valence electrons. The van der Waals surface area contributed by atoms with Crippen LogP contribution in [0.3, 0.4) is 0 Å². The second-order valence-corrected chi connectivity index (χ2v) is 5.10. The van der Waals surface area contributed by atoms with E-state index in [0.717, 1.165) is 42.1 Å². The van der Waals surface area contributed by atoms with Crippen LogP contribution in [0.5, 0.6) is 0 Å². The van der Waals surface area contributed by atoms with E-state index in [1.165, 1.54) is 12.0 Å². The van der Waals surface area contributed by atoms with Crippen LogP contribution in [0.25, 0.3) is 11.0 Å². The Morgan fingerprint density at radius 2 is 2.20 bits per heavy atom. The molecule has 0 amide bonds. The lowest BCUT2D eigenvalue weighted by molar-refractivity contribution is 0.550. The first-order chi connectivity index (χ1) is 9.76. The SMILES string of the molecule is CCCCn1ncnc1Cc1ccc2nc(C)[nH]c2c1. The third kappa shape index (κ3) is 2.57. The van der Waals surface area contributed by atoms with Gasteiger partial charge >= 0.3 is 0 Å². The summed E-state index contributed by atoms with van der Waals surface area (Å²) in [6.07, 6.45) is 4.75. The lowest BCUT2D eigenvalue weighted by atomic mass is 10.1. The molecule has 0 radical (unpaired) electrons. The fourth-order valence-electron chi connectivity index (χ4n) is 2.40. The summed E-state index contributed by atoms with van der Waals surface area (Å²) >= 11 is 0. The summed E-state index contributed by atoms with van der Waals surface area (Å²) in [5.41, 5.74) is 3.32. The van der Waals surface area contributed by atoms with Gasteiger partial charge in [0.2, 0.25) is 0 Å². The number of aromatic nitrogens is 5. The summed E-state index contributed by atoms with van der Waals surface area (Å²) < 4.78 is 2.01. The molecule has 0 aliphatic rings. The molecule has 3 rings (SSSR count). The zero-order valence-electron chi connectivity index (χ0n) is 11.9. The van der Waals surface area contributed by atoms with E-state index in [1.807, 2.05) is 11.6 Å². The molecule has 0 spiro atoms. The fraction of sp³-hybridized carbons (Fsp3) is 0.400. The maximum absolute atomic E-state index is 4.42. The molecule has 1 N–H and O–H groups in total. The topological polar surface area (TPSA) is 59.4 Å². The van der Waals surface area contributed by atoms with Gasteiger partial charge in [0.25, 0.3) is 0 Å². The lowest BCUT2D eigenvalue weighted by Crippen LogP contribution is -2.06. The van der Waals surface area contributed by atoms with Crippen molar-refractivity contribution in [2.45, 2.75) is 39.7 Å². The maximum Gasteiger partial charge on any atom is 0.138 e. The predicted octanol–water partition coefficient (Wildman–Crippen LogP) is 2.85. The van der Waals surface area contributed by atoms with Gasteiger partial charge in [0.1, 0.15) is 18.0 Å². The van der Waals surface area contributed by atoms with Gasteiger partial charge in [0.15, 0.2) is 0 Å². The summed E-state index contributed by atoms with van der Waals surface area (Å²) in [4.78, 5) is 12.1. The Bertz CT molecular complexity index is 710. The van der Waals surface area contributed by atoms with Gasteiger partial charge < -0.3 is 4.98 Å². The Morgan fingerprint density at radius 1 is 1.30 bits per heavy atom. The minimum atomic E-state index is 0.803. The molecule has 0 unspecified atom stereocenters. The molecule has 2 heterocycles. The monoisotopic (exact) mass is 269 g/mol. The number of benzene rings is 1. The van der Waals surface area contributed by atoms with Crippen molar-refractivity contribution >= 4 is 11.0 Å². The van der Waals surface area contributed by atoms with Crippen LogP contribution in [-0.2, 0) is 13.0 Å². The number of aryl methyl sites for hydroxylation is 2. The Balaban J connectivity index is 1.83. The number of nitrogens with zero attached hydrogens (tertiary/aromatic N) is 4. The summed E-state index contributed by atoms with van der Waals surface area (Å²) in [7, 11) is 0. The number of unbranched alkanes of at least 4 members (excludes halogenated alkanes) is 1. The second-order valence-electron chi connectivity index (χ2n) is 5.10. The first-order valence-corrected chi connectivity index (χ1v) is 7.08. The van der Waals surface area contributed by atoms with Crippen molar-refractivity contribution in [2.24, 2.45) is 0 Å². The number of fused-ring (bicyclic) bond motifs is 1. The number of hydrogen-bond donors (Lipinski definition) is 1. The van der Waals surface area contributed by atoms with Crippen LogP contribution >= 0.6 is 0 Å². The summed E-state index contributed by atoms with van der Waals surface area (Å²) in [5.74, 6) is 1.97. The van der Waals surface area contributed by atoms with Crippen LogP contribution in [0.2, 0.25) is 0 Å². The summed E-state index contributed by atoms with van der Waals surface area (Å²) in [6.45, 7) is 5.10. The van der Waals surface area contributed by atoms with Crippen molar-refractivity contribution in [1.82, 2.24) is 24.7 Å². The molecule has 0 aliphatic carbocycles. The molecule has 5 nitrogen and oxygen atoms in total. The highest BCUT2D eigenvalue weighted by Crippen LogP contribution is 2.16. The van der Waals surface area contributed by atoms with Crippen molar-refractivity contribution in [3.05, 3.63) is 41.7 Å². The summed E-state index contributed by atoms with van der Waals surface area (Å²) in [6, 6.07) is 6.32. The largest absolute Gasteiger partial charge is 0.342 e. The molecule has 1 aromatic carbocycles. The van der Waals surface area contributed by atoms with Gasteiger partial charge in [0.05, 0.1) is 11.0 Å². The highest BCUT2D eigenvalue weighted by atomic mass is 15.3. The fourth-order valence-corrected chi connectivity index (χ4v) is 2.40. The minimum absolute atomic E-state index is 0.803. The molecule has 0 fully saturated rings. The number of imidazole rings is 1. The molecule has 2 aromatic heterocycles. The van der Waals surface area contributed by atoms with Gasteiger partial charge in [-0.1, -0.05) is 19.4 Å². The molecule has 3 aromatic rings. The molecule has 20 heavy (non-hydrogen) atoms. The van der Waals surface area contributed by atoms with E-state index in [-0.39, 0.29) is 0 Å². The second kappa shape index (κ2) is 5.45. The number of H-pyrrole nitrogens is 1. The van der Waals surface area contributed by atoms with Crippen LogP contribution in [0.4, 0.5) is 0 Å². The van der Waals surface area contributed by atoms with E-state index in [0.29, 0.717) is 0 Å². The van der Waals surface area contributed by atoms with Crippen molar-refractivity contribution < 1.29 is 0 Å². The number of nitrogens with one attached hydrogen (secondary N) is 1. The van der Waals surface area contributed by atoms with Crippen molar-refractivity contribution in [3.63, 3.8) is 0 Å². The lowest BCUT2D eigenvalue weighted by Gasteiger charge is -2.05. The first-order valence-electron chi connectivity index (χ1n) is 7.08. The molecule has 0 saturated heterocycles. The van der Waals surface area contributed by atoms with Gasteiger partial charge in [-0.15, -0.1) is 0 Å². The predicted molar refractivity (Wildman–Crippen MR) is 78.6 cm³/mol. The van der Waals surface area contributed by atoms with Crippen LogP contribution in [-0.4, -0.2) is 24.7 Å². The van der Waals surface area contributed by atoms with Crippen LogP contribution in [0.1, 0.15) is 37.0 Å². The van der Waals surface area contributed by atoms with E-state index >= 15 is 0 Å². The zero-order chi connectivity index (χ0) is 13.9. The standard InChI is InChI=1S/C15H19N5/c1-3-4-7-20-15(16-10-17-20)9-12-5-6-13-14(8-12)19-11(2)18-13/h5-6,8,10H,3-4,7,9H2,1-2H3,(H,18,19). The van der Waals surface area contributed by atoms with Crippen molar-refractivity contribution in [1.29, 1.82) is 0 Å². The molecular weight excluding hydrogens is 250 g/mol. The number of aromatic amines is 1. The quantitative estimate of drug-likeness (QED) is 0.774. The average Bonchev–Trinajstić information content (AvgIpc) is 3.01. The molecule has 0 atom stereocenters. The molecule has 0 aliphatic heterocycles. The Morgan fingerprint density at radius 3 is 3.05 bits per heavy atom. The normalized spacial score (nSPS) is 11.3. The highest BCUT2D eigenvalue weighted by molar-refractivity contribution is 5.75. The van der Waals surface area contributed by atoms with Gasteiger partial charge in [0, 0.05) is 13.0 Å². The van der Waals surface area contributed by atoms with Gasteiger partial charge in [-0.05, 0) is 31.0 Å². The number of hydrogen-bond acceptors (Lipinski definition) is 3. The Kier molecular flexibility index (Phi) is 3.50. The first kappa shape index (κ1) is 12.8. The van der Waals surface area contributed by atoms with E-state index in [4.69, 9.17) is 0 Å². The van der Waals surface area contributed by atoms with E-state index in [1.54, 1.807) is 6.33 Å². The Labute approximate surface area is 118 Å². The third-order valence-electron chi connectivity index (χ3n) is 3.45.